The molecule has 0 aliphatic heterocycles. The summed E-state index contributed by atoms with van der Waals surface area (Å²) in [6.07, 6.45) is 1.18. The van der Waals surface area contributed by atoms with Gasteiger partial charge in [-0.05, 0) is 41.1 Å². The van der Waals surface area contributed by atoms with E-state index in [0.29, 0.717) is 16.9 Å². The molecule has 1 aromatic heterocycles. The Hall–Kier alpha value is -3.45. The minimum Gasteiger partial charge on any atom is -0.339 e. The number of hydrogen-bond acceptors (Lipinski definition) is 4. The SMILES string of the molecule is CCc1ccc(C(=O)NNC(=O)[C@H](Cc2ccccc2)NC(=O)c2cccs2)cc1. The summed E-state index contributed by atoms with van der Waals surface area (Å²) in [4.78, 5) is 38.1. The van der Waals surface area contributed by atoms with Crippen molar-refractivity contribution in [3.8, 4) is 0 Å². The number of rotatable bonds is 7. The molecule has 7 heteroatoms. The molecule has 30 heavy (non-hydrogen) atoms. The summed E-state index contributed by atoms with van der Waals surface area (Å²) < 4.78 is 0. The highest BCUT2D eigenvalue weighted by Gasteiger charge is 2.23. The number of amides is 3. The highest BCUT2D eigenvalue weighted by atomic mass is 32.1. The first-order valence-corrected chi connectivity index (χ1v) is 10.5. The number of aryl methyl sites for hydroxylation is 1. The van der Waals surface area contributed by atoms with Crippen LogP contribution in [0, 0.1) is 0 Å². The lowest BCUT2D eigenvalue weighted by atomic mass is 10.1. The molecule has 2 aromatic carbocycles. The molecule has 3 rings (SSSR count). The Balaban J connectivity index is 1.65. The van der Waals surface area contributed by atoms with Crippen LogP contribution in [-0.4, -0.2) is 23.8 Å². The third-order valence-corrected chi connectivity index (χ3v) is 5.44. The van der Waals surface area contributed by atoms with Crippen molar-refractivity contribution in [2.24, 2.45) is 0 Å². The lowest BCUT2D eigenvalue weighted by molar-refractivity contribution is -0.123. The number of hydrogen-bond donors (Lipinski definition) is 3. The average Bonchev–Trinajstić information content (AvgIpc) is 3.32. The van der Waals surface area contributed by atoms with Crippen molar-refractivity contribution < 1.29 is 14.4 Å². The maximum atomic E-state index is 12.8. The van der Waals surface area contributed by atoms with Crippen molar-refractivity contribution >= 4 is 29.1 Å². The Labute approximate surface area is 179 Å². The molecular formula is C23H23N3O3S. The molecule has 0 fully saturated rings. The van der Waals surface area contributed by atoms with Gasteiger partial charge in [0.25, 0.3) is 17.7 Å². The number of carbonyl (C=O) groups is 3. The topological polar surface area (TPSA) is 87.3 Å². The number of hydrazine groups is 1. The molecule has 3 N–H and O–H groups in total. The number of benzene rings is 2. The second-order valence-electron chi connectivity index (χ2n) is 6.69. The van der Waals surface area contributed by atoms with Gasteiger partial charge >= 0.3 is 0 Å². The van der Waals surface area contributed by atoms with Gasteiger partial charge in [-0.25, -0.2) is 0 Å². The average molecular weight is 422 g/mol. The van der Waals surface area contributed by atoms with Gasteiger partial charge in [0, 0.05) is 12.0 Å². The molecule has 0 bridgehead atoms. The van der Waals surface area contributed by atoms with E-state index in [4.69, 9.17) is 0 Å². The van der Waals surface area contributed by atoms with Gasteiger partial charge in [0.05, 0.1) is 4.88 Å². The number of nitrogens with one attached hydrogen (secondary N) is 3. The lowest BCUT2D eigenvalue weighted by Gasteiger charge is -2.18. The van der Waals surface area contributed by atoms with Crippen LogP contribution in [0.3, 0.4) is 0 Å². The molecule has 0 radical (unpaired) electrons. The molecule has 0 spiro atoms. The fraction of sp³-hybridized carbons (Fsp3) is 0.174. The predicted molar refractivity (Wildman–Crippen MR) is 117 cm³/mol. The summed E-state index contributed by atoms with van der Waals surface area (Å²) in [5, 5.41) is 4.55. The summed E-state index contributed by atoms with van der Waals surface area (Å²) >= 11 is 1.30. The Bertz CT molecular complexity index is 986. The van der Waals surface area contributed by atoms with Crippen LogP contribution < -0.4 is 16.2 Å². The van der Waals surface area contributed by atoms with Gasteiger partial charge in [0.15, 0.2) is 0 Å². The van der Waals surface area contributed by atoms with E-state index in [2.05, 4.69) is 16.2 Å². The minimum absolute atomic E-state index is 0.296. The van der Waals surface area contributed by atoms with Gasteiger partial charge in [0.1, 0.15) is 6.04 Å². The van der Waals surface area contributed by atoms with Crippen LogP contribution in [0.25, 0.3) is 0 Å². The minimum atomic E-state index is -0.843. The second kappa shape index (κ2) is 10.4. The zero-order chi connectivity index (χ0) is 21.3. The predicted octanol–water partition coefficient (Wildman–Crippen LogP) is 3.11. The summed E-state index contributed by atoms with van der Waals surface area (Å²) in [6.45, 7) is 2.03. The largest absolute Gasteiger partial charge is 0.339 e. The highest BCUT2D eigenvalue weighted by Crippen LogP contribution is 2.10. The van der Waals surface area contributed by atoms with Gasteiger partial charge < -0.3 is 5.32 Å². The Kier molecular flexibility index (Phi) is 7.34. The Morgan fingerprint density at radius 2 is 1.57 bits per heavy atom. The van der Waals surface area contributed by atoms with E-state index < -0.39 is 17.9 Å². The van der Waals surface area contributed by atoms with Gasteiger partial charge in [-0.3, -0.25) is 25.2 Å². The molecule has 0 saturated carbocycles. The first-order valence-electron chi connectivity index (χ1n) is 9.64. The third kappa shape index (κ3) is 5.78. The van der Waals surface area contributed by atoms with E-state index >= 15 is 0 Å². The zero-order valence-electron chi connectivity index (χ0n) is 16.6. The molecule has 0 saturated heterocycles. The maximum Gasteiger partial charge on any atom is 0.269 e. The van der Waals surface area contributed by atoms with Crippen molar-refractivity contribution in [1.82, 2.24) is 16.2 Å². The third-order valence-electron chi connectivity index (χ3n) is 4.57. The van der Waals surface area contributed by atoms with Gasteiger partial charge in [0.2, 0.25) is 0 Å². The van der Waals surface area contributed by atoms with Crippen LogP contribution in [0.15, 0.2) is 72.1 Å². The van der Waals surface area contributed by atoms with Crippen molar-refractivity contribution in [3.63, 3.8) is 0 Å². The molecular weight excluding hydrogens is 398 g/mol. The Morgan fingerprint density at radius 1 is 0.833 bits per heavy atom. The van der Waals surface area contributed by atoms with Crippen LogP contribution in [0.2, 0.25) is 0 Å². The van der Waals surface area contributed by atoms with E-state index in [-0.39, 0.29) is 5.91 Å². The molecule has 0 unspecified atom stereocenters. The monoisotopic (exact) mass is 421 g/mol. The van der Waals surface area contributed by atoms with Crippen LogP contribution >= 0.6 is 11.3 Å². The standard InChI is InChI=1S/C23H23N3O3S/c1-2-16-10-12-18(13-11-16)21(27)25-26-22(28)19(15-17-7-4-3-5-8-17)24-23(29)20-9-6-14-30-20/h3-14,19H,2,15H2,1H3,(H,24,29)(H,25,27)(H,26,28)/t19-/m0/s1. The van der Waals surface area contributed by atoms with E-state index in [1.54, 1.807) is 29.6 Å². The van der Waals surface area contributed by atoms with Crippen LogP contribution in [-0.2, 0) is 17.6 Å². The molecule has 0 aliphatic carbocycles. The van der Waals surface area contributed by atoms with E-state index in [1.807, 2.05) is 49.4 Å². The highest BCUT2D eigenvalue weighted by molar-refractivity contribution is 7.12. The summed E-state index contributed by atoms with van der Waals surface area (Å²) in [5.41, 5.74) is 7.31. The molecule has 3 aromatic rings. The number of thiophene rings is 1. The molecule has 3 amide bonds. The normalized spacial score (nSPS) is 11.4. The Morgan fingerprint density at radius 3 is 2.20 bits per heavy atom. The quantitative estimate of drug-likeness (QED) is 0.512. The van der Waals surface area contributed by atoms with Gasteiger partial charge in [-0.1, -0.05) is 55.5 Å². The zero-order valence-corrected chi connectivity index (χ0v) is 17.4. The van der Waals surface area contributed by atoms with Crippen molar-refractivity contribution in [1.29, 1.82) is 0 Å². The van der Waals surface area contributed by atoms with E-state index in [9.17, 15) is 14.4 Å². The maximum absolute atomic E-state index is 12.8. The first-order chi connectivity index (χ1) is 14.6. The molecule has 154 valence electrons. The van der Waals surface area contributed by atoms with Crippen molar-refractivity contribution in [2.45, 2.75) is 25.8 Å². The molecule has 1 atom stereocenters. The smallest absolute Gasteiger partial charge is 0.269 e. The molecule has 0 aliphatic rings. The van der Waals surface area contributed by atoms with Crippen LogP contribution in [0.1, 0.15) is 38.1 Å². The summed E-state index contributed by atoms with van der Waals surface area (Å²) in [6, 6.07) is 19.2. The van der Waals surface area contributed by atoms with Gasteiger partial charge in [-0.2, -0.15) is 0 Å². The number of carbonyl (C=O) groups excluding carboxylic acids is 3. The molecule has 1 heterocycles. The van der Waals surface area contributed by atoms with Crippen LogP contribution in [0.4, 0.5) is 0 Å². The molecule has 6 nitrogen and oxygen atoms in total. The van der Waals surface area contributed by atoms with E-state index in [0.717, 1.165) is 17.5 Å². The van der Waals surface area contributed by atoms with Gasteiger partial charge in [-0.15, -0.1) is 11.3 Å². The van der Waals surface area contributed by atoms with Crippen LogP contribution in [0.5, 0.6) is 0 Å². The fourth-order valence-corrected chi connectivity index (χ4v) is 3.49. The lowest BCUT2D eigenvalue weighted by Crippen LogP contribution is -2.53. The fourth-order valence-electron chi connectivity index (χ4n) is 2.87. The first kappa shape index (κ1) is 21.3. The van der Waals surface area contributed by atoms with E-state index in [1.165, 1.54) is 11.3 Å². The van der Waals surface area contributed by atoms with Crippen molar-refractivity contribution in [2.75, 3.05) is 0 Å². The second-order valence-corrected chi connectivity index (χ2v) is 7.63. The summed E-state index contributed by atoms with van der Waals surface area (Å²) in [5.74, 6) is -1.25. The van der Waals surface area contributed by atoms with Crippen molar-refractivity contribution in [3.05, 3.63) is 93.7 Å². The summed E-state index contributed by atoms with van der Waals surface area (Å²) in [7, 11) is 0.